The number of carbonyl (C=O) groups is 1. The summed E-state index contributed by atoms with van der Waals surface area (Å²) in [7, 11) is 3.68. The Labute approximate surface area is 85.1 Å². The Bertz CT molecular complexity index is 329. The minimum absolute atomic E-state index is 0.166. The van der Waals surface area contributed by atoms with Crippen molar-refractivity contribution in [3.8, 4) is 0 Å². The molecule has 2 unspecified atom stereocenters. The molecule has 0 saturated heterocycles. The van der Waals surface area contributed by atoms with Crippen LogP contribution in [0.4, 0.5) is 4.39 Å². The van der Waals surface area contributed by atoms with E-state index in [0.717, 1.165) is 0 Å². The van der Waals surface area contributed by atoms with E-state index >= 15 is 0 Å². The molecule has 0 heterocycles. The van der Waals surface area contributed by atoms with Gasteiger partial charge in [-0.3, -0.25) is 4.79 Å². The van der Waals surface area contributed by atoms with Gasteiger partial charge in [0.15, 0.2) is 0 Å². The quantitative estimate of drug-likeness (QED) is 0.748. The molecule has 0 aliphatic carbocycles. The van der Waals surface area contributed by atoms with Gasteiger partial charge < -0.3 is 5.32 Å². The largest absolute Gasteiger partial charge is 0.355 e. The van der Waals surface area contributed by atoms with E-state index in [-0.39, 0.29) is 5.91 Å². The van der Waals surface area contributed by atoms with Gasteiger partial charge in [0.1, 0.15) is 5.41 Å². The van der Waals surface area contributed by atoms with Gasteiger partial charge in [-0.15, -0.1) is 0 Å². The average Bonchev–Trinajstić information content (AvgIpc) is 2.15. The maximum absolute atomic E-state index is 13.4. The number of carbonyl (C=O) groups excluding carboxylic acids is 1. The lowest BCUT2D eigenvalue weighted by Crippen LogP contribution is -2.17. The molecular formula is C10H13FNOP. The molecular weight excluding hydrogens is 200 g/mol. The van der Waals surface area contributed by atoms with Crippen LogP contribution in [0, 0.1) is 0 Å². The molecule has 1 aromatic rings. The Kier molecular flexibility index (Phi) is 3.22. The smallest absolute Gasteiger partial charge is 0.251 e. The van der Waals surface area contributed by atoms with Crippen LogP contribution in [0.3, 0.4) is 0 Å². The molecule has 76 valence electrons. The Morgan fingerprint density at radius 1 is 1.43 bits per heavy atom. The second-order valence-electron chi connectivity index (χ2n) is 3.23. The van der Waals surface area contributed by atoms with Gasteiger partial charge in [-0.1, -0.05) is 21.4 Å². The van der Waals surface area contributed by atoms with E-state index in [0.29, 0.717) is 11.1 Å². The molecule has 0 aliphatic rings. The zero-order chi connectivity index (χ0) is 10.8. The van der Waals surface area contributed by atoms with Gasteiger partial charge in [-0.2, -0.15) is 0 Å². The summed E-state index contributed by atoms with van der Waals surface area (Å²) < 4.78 is 13.4. The number of alkyl halides is 1. The van der Waals surface area contributed by atoms with Gasteiger partial charge in [0.2, 0.25) is 0 Å². The van der Waals surface area contributed by atoms with Crippen molar-refractivity contribution in [3.05, 3.63) is 35.4 Å². The highest BCUT2D eigenvalue weighted by Gasteiger charge is 2.18. The molecule has 0 aliphatic heterocycles. The van der Waals surface area contributed by atoms with Crippen LogP contribution in [0.15, 0.2) is 24.3 Å². The third kappa shape index (κ3) is 2.52. The highest BCUT2D eigenvalue weighted by molar-refractivity contribution is 7.18. The van der Waals surface area contributed by atoms with Crippen LogP contribution in [0.25, 0.3) is 0 Å². The van der Waals surface area contributed by atoms with Gasteiger partial charge in [-0.25, -0.2) is 4.39 Å². The summed E-state index contributed by atoms with van der Waals surface area (Å²) >= 11 is 0. The highest BCUT2D eigenvalue weighted by Crippen LogP contribution is 2.32. The molecule has 1 aromatic carbocycles. The van der Waals surface area contributed by atoms with Crippen molar-refractivity contribution in [1.29, 1.82) is 0 Å². The van der Waals surface area contributed by atoms with E-state index in [9.17, 15) is 9.18 Å². The van der Waals surface area contributed by atoms with Gasteiger partial charge in [-0.05, 0) is 24.6 Å². The predicted octanol–water partition coefficient (Wildman–Crippen LogP) is 2.06. The molecule has 0 bridgehead atoms. The Morgan fingerprint density at radius 3 is 2.29 bits per heavy atom. The monoisotopic (exact) mass is 213 g/mol. The van der Waals surface area contributed by atoms with Gasteiger partial charge in [0, 0.05) is 12.6 Å². The average molecular weight is 213 g/mol. The summed E-state index contributed by atoms with van der Waals surface area (Å²) in [5.74, 6) is -0.166. The zero-order valence-corrected chi connectivity index (χ0v) is 9.33. The van der Waals surface area contributed by atoms with E-state index in [1.165, 1.54) is 6.92 Å². The standard InChI is InChI=1S/C10H13FNOP/c1-10(11,14)8-5-3-7(4-6-8)9(13)12-2/h3-6H,14H2,1-2H3,(H,12,13). The van der Waals surface area contributed by atoms with Crippen LogP contribution in [-0.4, -0.2) is 13.0 Å². The zero-order valence-electron chi connectivity index (χ0n) is 8.17. The van der Waals surface area contributed by atoms with Crippen LogP contribution >= 0.6 is 9.24 Å². The highest BCUT2D eigenvalue weighted by atomic mass is 31.0. The number of hydrogen-bond acceptors (Lipinski definition) is 1. The summed E-state index contributed by atoms with van der Waals surface area (Å²) in [5, 5.41) is 1.06. The third-order valence-corrected chi connectivity index (χ3v) is 2.27. The van der Waals surface area contributed by atoms with E-state index < -0.39 is 5.41 Å². The van der Waals surface area contributed by atoms with Gasteiger partial charge in [0.25, 0.3) is 5.91 Å². The molecule has 14 heavy (non-hydrogen) atoms. The fourth-order valence-corrected chi connectivity index (χ4v) is 1.28. The van der Waals surface area contributed by atoms with Crippen LogP contribution in [-0.2, 0) is 5.41 Å². The molecule has 2 atom stereocenters. The number of hydrogen-bond donors (Lipinski definition) is 1. The Balaban J connectivity index is 2.95. The molecule has 1 rings (SSSR count). The lowest BCUT2D eigenvalue weighted by Gasteiger charge is -2.14. The van der Waals surface area contributed by atoms with Crippen molar-refractivity contribution in [3.63, 3.8) is 0 Å². The predicted molar refractivity (Wildman–Crippen MR) is 58.0 cm³/mol. The van der Waals surface area contributed by atoms with E-state index in [4.69, 9.17) is 0 Å². The lowest BCUT2D eigenvalue weighted by atomic mass is 10.1. The maximum atomic E-state index is 13.4. The fourth-order valence-electron chi connectivity index (χ4n) is 1.09. The fraction of sp³-hybridized carbons (Fsp3) is 0.300. The lowest BCUT2D eigenvalue weighted by molar-refractivity contribution is 0.0963. The van der Waals surface area contributed by atoms with E-state index in [1.54, 1.807) is 31.3 Å². The van der Waals surface area contributed by atoms with Crippen molar-refractivity contribution >= 4 is 15.1 Å². The second-order valence-corrected chi connectivity index (χ2v) is 4.32. The third-order valence-electron chi connectivity index (χ3n) is 1.94. The summed E-state index contributed by atoms with van der Waals surface area (Å²) in [6.07, 6.45) is 0. The topological polar surface area (TPSA) is 29.1 Å². The van der Waals surface area contributed by atoms with Crippen molar-refractivity contribution in [2.45, 2.75) is 12.3 Å². The molecule has 0 spiro atoms. The molecule has 4 heteroatoms. The van der Waals surface area contributed by atoms with Gasteiger partial charge in [0.05, 0.1) is 0 Å². The minimum atomic E-state index is -1.44. The van der Waals surface area contributed by atoms with Crippen molar-refractivity contribution in [2.75, 3.05) is 7.05 Å². The molecule has 2 nitrogen and oxygen atoms in total. The Hall–Kier alpha value is -0.950. The number of halogens is 1. The summed E-state index contributed by atoms with van der Waals surface area (Å²) in [4.78, 5) is 11.2. The van der Waals surface area contributed by atoms with Crippen LogP contribution in [0.5, 0.6) is 0 Å². The van der Waals surface area contributed by atoms with Crippen LogP contribution < -0.4 is 5.32 Å². The minimum Gasteiger partial charge on any atom is -0.355 e. The number of nitrogens with one attached hydrogen (secondary N) is 1. The SMILES string of the molecule is CNC(=O)c1ccc(C(C)(F)P)cc1. The molecule has 0 aromatic heterocycles. The molecule has 0 fully saturated rings. The second kappa shape index (κ2) is 4.05. The number of amides is 1. The van der Waals surface area contributed by atoms with Gasteiger partial charge >= 0.3 is 0 Å². The van der Waals surface area contributed by atoms with Crippen molar-refractivity contribution < 1.29 is 9.18 Å². The first kappa shape index (κ1) is 11.1. The molecule has 0 saturated carbocycles. The molecule has 1 N–H and O–H groups in total. The molecule has 0 radical (unpaired) electrons. The van der Waals surface area contributed by atoms with Crippen LogP contribution in [0.2, 0.25) is 0 Å². The first-order chi connectivity index (χ1) is 6.45. The normalized spacial score (nSPS) is 14.6. The number of benzene rings is 1. The summed E-state index contributed by atoms with van der Waals surface area (Å²) in [5.41, 5.74) is 1.07. The van der Waals surface area contributed by atoms with Crippen molar-refractivity contribution in [1.82, 2.24) is 5.32 Å². The number of rotatable bonds is 2. The Morgan fingerprint density at radius 2 is 1.93 bits per heavy atom. The van der Waals surface area contributed by atoms with Crippen molar-refractivity contribution in [2.24, 2.45) is 0 Å². The summed E-state index contributed by atoms with van der Waals surface area (Å²) in [6, 6.07) is 6.43. The van der Waals surface area contributed by atoms with E-state index in [2.05, 4.69) is 14.6 Å². The van der Waals surface area contributed by atoms with Crippen LogP contribution in [0.1, 0.15) is 22.8 Å². The summed E-state index contributed by atoms with van der Waals surface area (Å²) in [6.45, 7) is 1.45. The maximum Gasteiger partial charge on any atom is 0.251 e. The first-order valence-corrected chi connectivity index (χ1v) is 4.83. The molecule has 1 amide bonds. The van der Waals surface area contributed by atoms with E-state index in [1.807, 2.05) is 0 Å². The first-order valence-electron chi connectivity index (χ1n) is 4.25.